The number of hydrogen-bond donors (Lipinski definition) is 0. The number of rotatable bonds is 6. The molecule has 0 aliphatic rings. The highest BCUT2D eigenvalue weighted by Gasteiger charge is 2.06. The van der Waals surface area contributed by atoms with Crippen molar-refractivity contribution in [1.82, 2.24) is 0 Å². The maximum atomic E-state index is 5.52. The molecule has 0 amide bonds. The summed E-state index contributed by atoms with van der Waals surface area (Å²) in [6.07, 6.45) is 3.40. The van der Waals surface area contributed by atoms with Gasteiger partial charge < -0.3 is 9.47 Å². The summed E-state index contributed by atoms with van der Waals surface area (Å²) in [5, 5.41) is 0. The number of hydrogen-bond acceptors (Lipinski definition) is 2. The Balaban J connectivity index is 2.73. The summed E-state index contributed by atoms with van der Waals surface area (Å²) in [7, 11) is 1.65. The lowest BCUT2D eigenvalue weighted by molar-refractivity contribution is 0.110. The van der Waals surface area contributed by atoms with Gasteiger partial charge >= 0.3 is 0 Å². The minimum Gasteiger partial charge on any atom is -0.497 e. The highest BCUT2D eigenvalue weighted by molar-refractivity contribution is 5.29. The van der Waals surface area contributed by atoms with Gasteiger partial charge in [0.25, 0.3) is 0 Å². The second-order valence-corrected chi connectivity index (χ2v) is 3.05. The Hall–Kier alpha value is -1.54. The van der Waals surface area contributed by atoms with Gasteiger partial charge in [0.1, 0.15) is 11.9 Å². The minimum absolute atomic E-state index is 0.0890. The molecule has 1 unspecified atom stereocenters. The van der Waals surface area contributed by atoms with E-state index in [1.165, 1.54) is 0 Å². The van der Waals surface area contributed by atoms with Gasteiger partial charge in [-0.25, -0.2) is 0 Å². The topological polar surface area (TPSA) is 18.5 Å². The molecule has 0 radical (unpaired) electrons. The van der Waals surface area contributed by atoms with Crippen LogP contribution in [-0.2, 0) is 4.74 Å². The molecule has 0 saturated heterocycles. The largest absolute Gasteiger partial charge is 0.497 e. The average molecular weight is 204 g/mol. The van der Waals surface area contributed by atoms with Gasteiger partial charge in [-0.15, -0.1) is 13.2 Å². The van der Waals surface area contributed by atoms with Gasteiger partial charge in [0.15, 0.2) is 0 Å². The van der Waals surface area contributed by atoms with Crippen LogP contribution in [0.25, 0.3) is 0 Å². The van der Waals surface area contributed by atoms with Crippen molar-refractivity contribution in [2.75, 3.05) is 13.7 Å². The molecule has 0 bridgehead atoms. The van der Waals surface area contributed by atoms with Crippen molar-refractivity contribution < 1.29 is 9.47 Å². The molecule has 0 aliphatic heterocycles. The number of ether oxygens (including phenoxy) is 2. The first-order valence-electron chi connectivity index (χ1n) is 4.80. The Morgan fingerprint density at radius 2 is 1.93 bits per heavy atom. The van der Waals surface area contributed by atoms with Crippen molar-refractivity contribution in [2.45, 2.75) is 6.10 Å². The van der Waals surface area contributed by atoms with Crippen molar-refractivity contribution in [2.24, 2.45) is 0 Å². The van der Waals surface area contributed by atoms with E-state index in [1.807, 2.05) is 24.3 Å². The maximum absolute atomic E-state index is 5.52. The lowest BCUT2D eigenvalue weighted by Crippen LogP contribution is -2.01. The summed E-state index contributed by atoms with van der Waals surface area (Å²) in [5.74, 6) is 0.838. The average Bonchev–Trinajstić information content (AvgIpc) is 2.31. The van der Waals surface area contributed by atoms with Crippen LogP contribution >= 0.6 is 0 Å². The molecule has 15 heavy (non-hydrogen) atoms. The van der Waals surface area contributed by atoms with Crippen molar-refractivity contribution >= 4 is 0 Å². The van der Waals surface area contributed by atoms with Crippen molar-refractivity contribution in [1.29, 1.82) is 0 Å². The third kappa shape index (κ3) is 3.26. The van der Waals surface area contributed by atoms with Crippen LogP contribution in [0.2, 0.25) is 0 Å². The molecule has 0 N–H and O–H groups in total. The summed E-state index contributed by atoms with van der Waals surface area (Å²) in [5.41, 5.74) is 1.06. The third-order valence-electron chi connectivity index (χ3n) is 2.05. The van der Waals surface area contributed by atoms with Crippen molar-refractivity contribution in [3.8, 4) is 5.75 Å². The molecular formula is C13H16O2. The smallest absolute Gasteiger partial charge is 0.118 e. The zero-order chi connectivity index (χ0) is 11.1. The first-order valence-corrected chi connectivity index (χ1v) is 4.80. The number of methoxy groups -OCH3 is 1. The summed E-state index contributed by atoms with van der Waals surface area (Å²) >= 11 is 0. The van der Waals surface area contributed by atoms with Gasteiger partial charge in [-0.3, -0.25) is 0 Å². The number of benzene rings is 1. The highest BCUT2D eigenvalue weighted by Crippen LogP contribution is 2.21. The predicted molar refractivity (Wildman–Crippen MR) is 62.1 cm³/mol. The van der Waals surface area contributed by atoms with Crippen LogP contribution in [0.3, 0.4) is 0 Å². The zero-order valence-corrected chi connectivity index (χ0v) is 8.98. The molecule has 0 aromatic heterocycles. The first-order chi connectivity index (χ1) is 7.31. The molecule has 1 atom stereocenters. The minimum atomic E-state index is -0.0890. The second kappa shape index (κ2) is 6.04. The Labute approximate surface area is 90.8 Å². The Morgan fingerprint density at radius 3 is 2.40 bits per heavy atom. The van der Waals surface area contributed by atoms with E-state index in [4.69, 9.17) is 9.47 Å². The lowest BCUT2D eigenvalue weighted by Gasteiger charge is -2.13. The van der Waals surface area contributed by atoms with E-state index in [9.17, 15) is 0 Å². The SMILES string of the molecule is C=CCOC(C=C)c1ccc(OC)cc1. The normalized spacial score (nSPS) is 11.8. The van der Waals surface area contributed by atoms with Crippen LogP contribution in [-0.4, -0.2) is 13.7 Å². The molecular weight excluding hydrogens is 188 g/mol. The molecule has 0 saturated carbocycles. The van der Waals surface area contributed by atoms with E-state index in [0.29, 0.717) is 6.61 Å². The summed E-state index contributed by atoms with van der Waals surface area (Å²) in [4.78, 5) is 0. The fourth-order valence-corrected chi connectivity index (χ4v) is 1.27. The third-order valence-corrected chi connectivity index (χ3v) is 2.05. The molecule has 80 valence electrons. The van der Waals surface area contributed by atoms with Gasteiger partial charge in [0.05, 0.1) is 13.7 Å². The monoisotopic (exact) mass is 204 g/mol. The Morgan fingerprint density at radius 1 is 1.27 bits per heavy atom. The van der Waals surface area contributed by atoms with Crippen LogP contribution in [0.15, 0.2) is 49.6 Å². The second-order valence-electron chi connectivity index (χ2n) is 3.05. The standard InChI is InChI=1S/C13H16O2/c1-4-10-15-13(5-2)11-6-8-12(14-3)9-7-11/h4-9,13H,1-2,10H2,3H3. The summed E-state index contributed by atoms with van der Waals surface area (Å²) in [6, 6.07) is 7.74. The summed E-state index contributed by atoms with van der Waals surface area (Å²) < 4.78 is 10.6. The quantitative estimate of drug-likeness (QED) is 0.663. The van der Waals surface area contributed by atoms with Crippen LogP contribution < -0.4 is 4.74 Å². The van der Waals surface area contributed by atoms with Gasteiger partial charge in [-0.2, -0.15) is 0 Å². The fourth-order valence-electron chi connectivity index (χ4n) is 1.27. The Bertz CT molecular complexity index is 314. The van der Waals surface area contributed by atoms with E-state index in [2.05, 4.69) is 13.2 Å². The first kappa shape index (κ1) is 11.5. The molecule has 0 fully saturated rings. The molecule has 1 aromatic carbocycles. The van der Waals surface area contributed by atoms with E-state index in [0.717, 1.165) is 11.3 Å². The van der Waals surface area contributed by atoms with Gasteiger partial charge in [-0.05, 0) is 17.7 Å². The predicted octanol–water partition coefficient (Wildman–Crippen LogP) is 3.12. The van der Waals surface area contributed by atoms with Gasteiger partial charge in [0.2, 0.25) is 0 Å². The van der Waals surface area contributed by atoms with Gasteiger partial charge in [0, 0.05) is 0 Å². The fraction of sp³-hybridized carbons (Fsp3) is 0.231. The molecule has 1 aromatic rings. The van der Waals surface area contributed by atoms with Crippen LogP contribution in [0, 0.1) is 0 Å². The van der Waals surface area contributed by atoms with E-state index in [-0.39, 0.29) is 6.10 Å². The molecule has 0 spiro atoms. The molecule has 2 nitrogen and oxygen atoms in total. The highest BCUT2D eigenvalue weighted by atomic mass is 16.5. The molecule has 1 rings (SSSR count). The zero-order valence-electron chi connectivity index (χ0n) is 8.98. The van der Waals surface area contributed by atoms with E-state index >= 15 is 0 Å². The molecule has 0 heterocycles. The van der Waals surface area contributed by atoms with Crippen LogP contribution in [0.5, 0.6) is 5.75 Å². The summed E-state index contributed by atoms with van der Waals surface area (Å²) in [6.45, 7) is 7.87. The van der Waals surface area contributed by atoms with Crippen molar-refractivity contribution in [3.05, 3.63) is 55.1 Å². The van der Waals surface area contributed by atoms with Crippen LogP contribution in [0.4, 0.5) is 0 Å². The van der Waals surface area contributed by atoms with Crippen LogP contribution in [0.1, 0.15) is 11.7 Å². The van der Waals surface area contributed by atoms with E-state index < -0.39 is 0 Å². The molecule has 2 heteroatoms. The van der Waals surface area contributed by atoms with E-state index in [1.54, 1.807) is 19.3 Å². The lowest BCUT2D eigenvalue weighted by atomic mass is 10.1. The maximum Gasteiger partial charge on any atom is 0.118 e. The Kier molecular flexibility index (Phi) is 4.64. The molecule has 0 aliphatic carbocycles. The van der Waals surface area contributed by atoms with Gasteiger partial charge in [-0.1, -0.05) is 24.3 Å². The van der Waals surface area contributed by atoms with Crippen molar-refractivity contribution in [3.63, 3.8) is 0 Å².